The number of carbonyl (C=O) groups is 1. The Balaban J connectivity index is 0.00000324. The van der Waals surface area contributed by atoms with Crippen molar-refractivity contribution < 1.29 is 14.6 Å². The first-order valence-electron chi connectivity index (χ1n) is 5.96. The Morgan fingerprint density at radius 3 is 2.42 bits per heavy atom. The quantitative estimate of drug-likeness (QED) is 0.809. The summed E-state index contributed by atoms with van der Waals surface area (Å²) in [4.78, 5) is 13.4. The van der Waals surface area contributed by atoms with Crippen LogP contribution in [0.3, 0.4) is 0 Å². The third-order valence-corrected chi connectivity index (χ3v) is 2.93. The minimum Gasteiger partial charge on any atom is -0.508 e. The fraction of sp³-hybridized carbons (Fsp3) is 0.462. The molecular weight excluding hydrogens is 268 g/mol. The molecule has 5 nitrogen and oxygen atoms in total. The van der Waals surface area contributed by atoms with Crippen LogP contribution in [0.15, 0.2) is 18.2 Å². The Morgan fingerprint density at radius 1 is 1.42 bits per heavy atom. The van der Waals surface area contributed by atoms with Gasteiger partial charge in [0, 0.05) is 30.4 Å². The van der Waals surface area contributed by atoms with Crippen LogP contribution in [0.25, 0.3) is 0 Å². The molecule has 6 heteroatoms. The second-order valence-electron chi connectivity index (χ2n) is 3.92. The molecule has 0 saturated carbocycles. The predicted octanol–water partition coefficient (Wildman–Crippen LogP) is 1.83. The third kappa shape index (κ3) is 4.01. The fourth-order valence-corrected chi connectivity index (χ4v) is 1.83. The average Bonchev–Trinajstić information content (AvgIpc) is 2.38. The zero-order chi connectivity index (χ0) is 13.7. The number of methoxy groups -OCH3 is 1. The Kier molecular flexibility index (Phi) is 7.26. The van der Waals surface area contributed by atoms with E-state index in [-0.39, 0.29) is 18.2 Å². The second-order valence-corrected chi connectivity index (χ2v) is 3.92. The van der Waals surface area contributed by atoms with Gasteiger partial charge in [0.05, 0.1) is 7.11 Å². The molecule has 3 N–H and O–H groups in total. The van der Waals surface area contributed by atoms with Gasteiger partial charge in [-0.2, -0.15) is 0 Å². The van der Waals surface area contributed by atoms with Crippen molar-refractivity contribution in [1.82, 2.24) is 0 Å². The van der Waals surface area contributed by atoms with Gasteiger partial charge in [0.25, 0.3) is 0 Å². The topological polar surface area (TPSA) is 75.8 Å². The number of anilines is 1. The number of carbonyl (C=O) groups excluding carboxylic acids is 1. The number of phenols is 1. The summed E-state index contributed by atoms with van der Waals surface area (Å²) in [6.45, 7) is 5.76. The van der Waals surface area contributed by atoms with Crippen molar-refractivity contribution >= 4 is 24.1 Å². The van der Waals surface area contributed by atoms with E-state index in [1.807, 2.05) is 19.9 Å². The summed E-state index contributed by atoms with van der Waals surface area (Å²) in [6.07, 6.45) is 0. The Morgan fingerprint density at radius 2 is 2.00 bits per heavy atom. The molecule has 0 amide bonds. The Bertz CT molecular complexity index is 422. The highest BCUT2D eigenvalue weighted by Gasteiger charge is 2.20. The highest BCUT2D eigenvalue weighted by atomic mass is 35.5. The minimum absolute atomic E-state index is 0. The number of nitrogens with zero attached hydrogens (tertiary/aromatic N) is 1. The Hall–Kier alpha value is -1.46. The molecule has 0 aromatic heterocycles. The van der Waals surface area contributed by atoms with Gasteiger partial charge in [-0.3, -0.25) is 4.79 Å². The van der Waals surface area contributed by atoms with Gasteiger partial charge in [0.1, 0.15) is 11.8 Å². The van der Waals surface area contributed by atoms with Gasteiger partial charge in [-0.25, -0.2) is 0 Å². The molecule has 19 heavy (non-hydrogen) atoms. The monoisotopic (exact) mass is 288 g/mol. The normalized spacial score (nSPS) is 11.4. The van der Waals surface area contributed by atoms with E-state index in [4.69, 9.17) is 5.73 Å². The molecule has 1 atom stereocenters. The van der Waals surface area contributed by atoms with E-state index in [1.165, 1.54) is 7.11 Å². The van der Waals surface area contributed by atoms with Gasteiger partial charge >= 0.3 is 5.97 Å². The van der Waals surface area contributed by atoms with Crippen LogP contribution in [-0.4, -0.2) is 31.3 Å². The molecule has 0 fully saturated rings. The van der Waals surface area contributed by atoms with Gasteiger partial charge < -0.3 is 20.5 Å². The van der Waals surface area contributed by atoms with E-state index in [0.717, 1.165) is 18.8 Å². The number of esters is 1. The van der Waals surface area contributed by atoms with Crippen LogP contribution in [-0.2, 0) is 9.53 Å². The molecule has 1 aromatic rings. The zero-order valence-electron chi connectivity index (χ0n) is 11.4. The first-order chi connectivity index (χ1) is 8.54. The second kappa shape index (κ2) is 7.86. The van der Waals surface area contributed by atoms with E-state index in [1.54, 1.807) is 12.1 Å². The molecule has 1 aromatic carbocycles. The first kappa shape index (κ1) is 17.5. The van der Waals surface area contributed by atoms with Gasteiger partial charge in [0.2, 0.25) is 0 Å². The number of halogens is 1. The smallest absolute Gasteiger partial charge is 0.327 e. The summed E-state index contributed by atoms with van der Waals surface area (Å²) in [5.41, 5.74) is 6.97. The van der Waals surface area contributed by atoms with Gasteiger partial charge in [-0.15, -0.1) is 12.4 Å². The van der Waals surface area contributed by atoms with Crippen LogP contribution in [0.2, 0.25) is 0 Å². The largest absolute Gasteiger partial charge is 0.508 e. The van der Waals surface area contributed by atoms with Crippen LogP contribution in [0.4, 0.5) is 5.69 Å². The van der Waals surface area contributed by atoms with Crippen molar-refractivity contribution in [3.05, 3.63) is 23.8 Å². The maximum absolute atomic E-state index is 11.3. The van der Waals surface area contributed by atoms with Crippen molar-refractivity contribution in [3.63, 3.8) is 0 Å². The van der Waals surface area contributed by atoms with Crippen molar-refractivity contribution in [1.29, 1.82) is 0 Å². The maximum Gasteiger partial charge on any atom is 0.327 e. The summed E-state index contributed by atoms with van der Waals surface area (Å²) in [5.74, 6) is -0.557. The Labute approximate surface area is 119 Å². The van der Waals surface area contributed by atoms with Crippen LogP contribution < -0.4 is 10.6 Å². The standard InChI is InChI=1S/C13H20N2O3.ClH/c1-4-15(5-2)9-6-7-10(11(16)8-9)12(14)13(17)18-3;/h6-8,12,16H,4-5,14H2,1-3H3;1H/t12-;/m1./s1. The SMILES string of the molecule is CCN(CC)c1ccc([C@@H](N)C(=O)OC)c(O)c1.Cl. The van der Waals surface area contributed by atoms with E-state index in [2.05, 4.69) is 9.64 Å². The molecule has 0 saturated heterocycles. The first-order valence-corrected chi connectivity index (χ1v) is 5.96. The van der Waals surface area contributed by atoms with Crippen molar-refractivity contribution in [2.45, 2.75) is 19.9 Å². The van der Waals surface area contributed by atoms with E-state index < -0.39 is 12.0 Å². The molecule has 0 spiro atoms. The van der Waals surface area contributed by atoms with Crippen LogP contribution in [0.1, 0.15) is 25.5 Å². The van der Waals surface area contributed by atoms with Crippen molar-refractivity contribution in [2.24, 2.45) is 5.73 Å². The van der Waals surface area contributed by atoms with Crippen LogP contribution >= 0.6 is 12.4 Å². The number of nitrogens with two attached hydrogens (primary N) is 1. The molecule has 0 aliphatic rings. The van der Waals surface area contributed by atoms with Crippen LogP contribution in [0, 0.1) is 0 Å². The summed E-state index contributed by atoms with van der Waals surface area (Å²) in [5, 5.41) is 9.93. The van der Waals surface area contributed by atoms with Gasteiger partial charge in [-0.1, -0.05) is 6.07 Å². The minimum atomic E-state index is -0.958. The van der Waals surface area contributed by atoms with Crippen molar-refractivity contribution in [2.75, 3.05) is 25.1 Å². The van der Waals surface area contributed by atoms with E-state index >= 15 is 0 Å². The highest BCUT2D eigenvalue weighted by molar-refractivity contribution is 5.85. The molecular formula is C13H21ClN2O3. The lowest BCUT2D eigenvalue weighted by atomic mass is 10.1. The molecule has 1 rings (SSSR count). The summed E-state index contributed by atoms with van der Waals surface area (Å²) in [6, 6.07) is 4.15. The van der Waals surface area contributed by atoms with Gasteiger partial charge in [0.15, 0.2) is 0 Å². The van der Waals surface area contributed by atoms with Crippen molar-refractivity contribution in [3.8, 4) is 5.75 Å². The molecule has 0 aliphatic heterocycles. The highest BCUT2D eigenvalue weighted by Crippen LogP contribution is 2.28. The lowest BCUT2D eigenvalue weighted by Crippen LogP contribution is -2.24. The summed E-state index contributed by atoms with van der Waals surface area (Å²) < 4.78 is 4.56. The number of rotatable bonds is 5. The zero-order valence-corrected chi connectivity index (χ0v) is 12.2. The van der Waals surface area contributed by atoms with E-state index in [0.29, 0.717) is 5.56 Å². The lowest BCUT2D eigenvalue weighted by Gasteiger charge is -2.22. The number of hydrogen-bond acceptors (Lipinski definition) is 5. The maximum atomic E-state index is 11.3. The van der Waals surface area contributed by atoms with Crippen LogP contribution in [0.5, 0.6) is 5.75 Å². The lowest BCUT2D eigenvalue weighted by molar-refractivity contribution is -0.142. The summed E-state index contributed by atoms with van der Waals surface area (Å²) >= 11 is 0. The molecule has 0 aliphatic carbocycles. The number of benzene rings is 1. The van der Waals surface area contributed by atoms with E-state index in [9.17, 15) is 9.90 Å². The molecule has 0 heterocycles. The number of hydrogen-bond donors (Lipinski definition) is 2. The average molecular weight is 289 g/mol. The molecule has 0 unspecified atom stereocenters. The third-order valence-electron chi connectivity index (χ3n) is 2.93. The molecule has 108 valence electrons. The van der Waals surface area contributed by atoms with Gasteiger partial charge in [-0.05, 0) is 19.9 Å². The number of aromatic hydroxyl groups is 1. The summed E-state index contributed by atoms with van der Waals surface area (Å²) in [7, 11) is 1.27. The fourth-order valence-electron chi connectivity index (χ4n) is 1.83. The number of ether oxygens (including phenoxy) is 1. The predicted molar refractivity (Wildman–Crippen MR) is 77.9 cm³/mol. The molecule has 0 radical (unpaired) electrons. The molecule has 0 bridgehead atoms. The number of phenolic OH excluding ortho intramolecular Hbond substituents is 1.